The molecule has 5 heteroatoms. The molecule has 0 saturated heterocycles. The van der Waals surface area contributed by atoms with Gasteiger partial charge in [0.1, 0.15) is 6.33 Å². The third kappa shape index (κ3) is 3.65. The number of fused-ring (bicyclic) bond motifs is 1. The van der Waals surface area contributed by atoms with Crippen molar-refractivity contribution in [1.82, 2.24) is 9.97 Å². The highest BCUT2D eigenvalue weighted by molar-refractivity contribution is 5.88. The molecule has 0 amide bonds. The highest BCUT2D eigenvalue weighted by atomic mass is 16.5. The Morgan fingerprint density at radius 1 is 0.880 bits per heavy atom. The number of hydrogen-bond donors (Lipinski definition) is 0. The van der Waals surface area contributed by atoms with Gasteiger partial charge < -0.3 is 14.2 Å². The van der Waals surface area contributed by atoms with Gasteiger partial charge in [-0.3, -0.25) is 0 Å². The maximum atomic E-state index is 5.84. The molecule has 3 aromatic rings. The average Bonchev–Trinajstić information content (AvgIpc) is 2.67. The van der Waals surface area contributed by atoms with Gasteiger partial charge in [-0.25, -0.2) is 9.97 Å². The van der Waals surface area contributed by atoms with E-state index in [0.717, 1.165) is 34.9 Å². The average molecular weight is 338 g/mol. The van der Waals surface area contributed by atoms with E-state index in [4.69, 9.17) is 14.2 Å². The zero-order valence-electron chi connectivity index (χ0n) is 14.8. The number of methoxy groups -OCH3 is 2. The van der Waals surface area contributed by atoms with Crippen molar-refractivity contribution in [2.75, 3.05) is 20.8 Å². The molecule has 1 heterocycles. The summed E-state index contributed by atoms with van der Waals surface area (Å²) in [4.78, 5) is 8.63. The Bertz CT molecular complexity index is 865. The Balaban J connectivity index is 2.01. The molecule has 0 fully saturated rings. The molecule has 0 aliphatic rings. The minimum absolute atomic E-state index is 0.626. The van der Waals surface area contributed by atoms with Gasteiger partial charge in [-0.2, -0.15) is 0 Å². The fourth-order valence-corrected chi connectivity index (χ4v) is 2.66. The van der Waals surface area contributed by atoms with Gasteiger partial charge >= 0.3 is 0 Å². The maximum Gasteiger partial charge on any atom is 0.224 e. The van der Waals surface area contributed by atoms with E-state index in [-0.39, 0.29) is 0 Å². The molecule has 3 rings (SSSR count). The largest absolute Gasteiger partial charge is 0.493 e. The molecular formula is C20H22N2O3. The van der Waals surface area contributed by atoms with Crippen LogP contribution in [-0.4, -0.2) is 30.8 Å². The number of benzene rings is 2. The van der Waals surface area contributed by atoms with E-state index < -0.39 is 0 Å². The van der Waals surface area contributed by atoms with Crippen LogP contribution < -0.4 is 14.2 Å². The fourth-order valence-electron chi connectivity index (χ4n) is 2.66. The molecule has 0 bridgehead atoms. The van der Waals surface area contributed by atoms with Crippen molar-refractivity contribution in [2.45, 2.75) is 19.8 Å². The van der Waals surface area contributed by atoms with Crippen LogP contribution in [0.5, 0.6) is 17.4 Å². The normalized spacial score (nSPS) is 10.7. The van der Waals surface area contributed by atoms with E-state index in [1.54, 1.807) is 20.5 Å². The molecule has 1 aromatic heterocycles. The molecule has 0 spiro atoms. The minimum Gasteiger partial charge on any atom is -0.493 e. The van der Waals surface area contributed by atoms with Gasteiger partial charge in [-0.05, 0) is 41.8 Å². The van der Waals surface area contributed by atoms with Gasteiger partial charge in [-0.1, -0.05) is 25.5 Å². The van der Waals surface area contributed by atoms with Gasteiger partial charge in [0, 0.05) is 0 Å². The van der Waals surface area contributed by atoms with Crippen LogP contribution in [0.15, 0.2) is 42.7 Å². The summed E-state index contributed by atoms with van der Waals surface area (Å²) in [5.41, 5.74) is 2.94. The second kappa shape index (κ2) is 7.83. The quantitative estimate of drug-likeness (QED) is 0.594. The smallest absolute Gasteiger partial charge is 0.224 e. The monoisotopic (exact) mass is 338 g/mol. The number of ether oxygens (including phenoxy) is 3. The van der Waals surface area contributed by atoms with E-state index in [9.17, 15) is 0 Å². The number of unbranched alkanes of at least 4 members (excludes halogenated alkanes) is 1. The first kappa shape index (κ1) is 17.0. The number of aromatic nitrogens is 2. The minimum atomic E-state index is 0.626. The fraction of sp³-hybridized carbons (Fsp3) is 0.300. The van der Waals surface area contributed by atoms with Crippen molar-refractivity contribution in [2.24, 2.45) is 0 Å². The van der Waals surface area contributed by atoms with Crippen LogP contribution in [0.1, 0.15) is 19.8 Å². The second-order valence-electron chi connectivity index (χ2n) is 5.68. The predicted molar refractivity (Wildman–Crippen MR) is 98.5 cm³/mol. The highest BCUT2D eigenvalue weighted by Gasteiger charge is 2.10. The van der Waals surface area contributed by atoms with Gasteiger partial charge in [-0.15, -0.1) is 0 Å². The van der Waals surface area contributed by atoms with Gasteiger partial charge in [0.2, 0.25) is 5.88 Å². The molecule has 5 nitrogen and oxygen atoms in total. The first-order chi connectivity index (χ1) is 12.3. The lowest BCUT2D eigenvalue weighted by Crippen LogP contribution is -2.00. The summed E-state index contributed by atoms with van der Waals surface area (Å²) in [6, 6.07) is 11.9. The van der Waals surface area contributed by atoms with Crippen LogP contribution in [0.3, 0.4) is 0 Å². The Labute approximate surface area is 147 Å². The Morgan fingerprint density at radius 3 is 2.40 bits per heavy atom. The molecule has 0 N–H and O–H groups in total. The highest BCUT2D eigenvalue weighted by Crippen LogP contribution is 2.34. The van der Waals surface area contributed by atoms with Crippen molar-refractivity contribution in [3.05, 3.63) is 42.7 Å². The van der Waals surface area contributed by atoms with Crippen LogP contribution in [0.25, 0.3) is 22.0 Å². The lowest BCUT2D eigenvalue weighted by atomic mass is 10.0. The van der Waals surface area contributed by atoms with Crippen molar-refractivity contribution in [3.8, 4) is 28.5 Å². The summed E-state index contributed by atoms with van der Waals surface area (Å²) in [7, 11) is 3.26. The third-order valence-corrected chi connectivity index (χ3v) is 4.05. The van der Waals surface area contributed by atoms with Crippen LogP contribution in [-0.2, 0) is 0 Å². The van der Waals surface area contributed by atoms with Crippen LogP contribution >= 0.6 is 0 Å². The number of rotatable bonds is 7. The standard InChI is InChI=1S/C20H22N2O3/c1-4-5-10-25-20-16-11-14(6-8-17(16)21-13-22-20)15-7-9-18(23-2)19(12-15)24-3/h6-9,11-13H,4-5,10H2,1-3H3. The van der Waals surface area contributed by atoms with E-state index in [1.165, 1.54) is 0 Å². The molecular weight excluding hydrogens is 316 g/mol. The van der Waals surface area contributed by atoms with Gasteiger partial charge in [0.05, 0.1) is 31.7 Å². The Morgan fingerprint density at radius 2 is 1.64 bits per heavy atom. The zero-order valence-corrected chi connectivity index (χ0v) is 14.8. The summed E-state index contributed by atoms with van der Waals surface area (Å²) < 4.78 is 16.5. The Kier molecular flexibility index (Phi) is 5.33. The topological polar surface area (TPSA) is 53.5 Å². The van der Waals surface area contributed by atoms with E-state index >= 15 is 0 Å². The van der Waals surface area contributed by atoms with Crippen LogP contribution in [0.4, 0.5) is 0 Å². The van der Waals surface area contributed by atoms with E-state index in [1.807, 2.05) is 30.3 Å². The molecule has 0 aliphatic carbocycles. The van der Waals surface area contributed by atoms with Crippen molar-refractivity contribution in [1.29, 1.82) is 0 Å². The van der Waals surface area contributed by atoms with Crippen molar-refractivity contribution in [3.63, 3.8) is 0 Å². The summed E-state index contributed by atoms with van der Waals surface area (Å²) in [6.07, 6.45) is 3.63. The first-order valence-electron chi connectivity index (χ1n) is 8.36. The zero-order chi connectivity index (χ0) is 17.6. The summed E-state index contributed by atoms with van der Waals surface area (Å²) in [5.74, 6) is 2.03. The van der Waals surface area contributed by atoms with Crippen molar-refractivity contribution >= 4 is 10.9 Å². The molecule has 2 aromatic carbocycles. The van der Waals surface area contributed by atoms with Gasteiger partial charge in [0.25, 0.3) is 0 Å². The lowest BCUT2D eigenvalue weighted by Gasteiger charge is -2.11. The number of hydrogen-bond acceptors (Lipinski definition) is 5. The third-order valence-electron chi connectivity index (χ3n) is 4.05. The number of nitrogens with zero attached hydrogens (tertiary/aromatic N) is 2. The molecule has 0 radical (unpaired) electrons. The van der Waals surface area contributed by atoms with Gasteiger partial charge in [0.15, 0.2) is 11.5 Å². The van der Waals surface area contributed by atoms with Crippen molar-refractivity contribution < 1.29 is 14.2 Å². The molecule has 25 heavy (non-hydrogen) atoms. The second-order valence-corrected chi connectivity index (χ2v) is 5.68. The van der Waals surface area contributed by atoms with Crippen LogP contribution in [0, 0.1) is 0 Å². The summed E-state index contributed by atoms with van der Waals surface area (Å²) in [6.45, 7) is 2.79. The van der Waals surface area contributed by atoms with E-state index in [2.05, 4.69) is 23.0 Å². The Hall–Kier alpha value is -2.82. The molecule has 0 aliphatic heterocycles. The van der Waals surface area contributed by atoms with Crippen LogP contribution in [0.2, 0.25) is 0 Å². The lowest BCUT2D eigenvalue weighted by molar-refractivity contribution is 0.301. The molecule has 0 atom stereocenters. The molecule has 0 unspecified atom stereocenters. The van der Waals surface area contributed by atoms with E-state index in [0.29, 0.717) is 24.0 Å². The summed E-state index contributed by atoms with van der Waals surface area (Å²) >= 11 is 0. The SMILES string of the molecule is CCCCOc1ncnc2ccc(-c3ccc(OC)c(OC)c3)cc12. The first-order valence-corrected chi connectivity index (χ1v) is 8.36. The molecule has 0 saturated carbocycles. The summed E-state index contributed by atoms with van der Waals surface area (Å²) in [5, 5.41) is 0.908. The maximum absolute atomic E-state index is 5.84. The predicted octanol–water partition coefficient (Wildman–Crippen LogP) is 4.49. The molecule has 130 valence electrons.